The number of nitrogens with zero attached hydrogens (tertiary/aromatic N) is 1. The molecule has 0 radical (unpaired) electrons. The summed E-state index contributed by atoms with van der Waals surface area (Å²) in [6, 6.07) is 6.98. The minimum Gasteiger partial charge on any atom is -0.398 e. The van der Waals surface area contributed by atoms with E-state index in [1.165, 1.54) is 0 Å². The summed E-state index contributed by atoms with van der Waals surface area (Å²) in [5, 5.41) is 2.73. The van der Waals surface area contributed by atoms with Gasteiger partial charge >= 0.3 is 0 Å². The second kappa shape index (κ2) is 4.86. The van der Waals surface area contributed by atoms with Crippen molar-refractivity contribution >= 4 is 17.5 Å². The van der Waals surface area contributed by atoms with Crippen molar-refractivity contribution in [3.63, 3.8) is 0 Å². The topological polar surface area (TPSA) is 75.4 Å². The van der Waals surface area contributed by atoms with Gasteiger partial charge in [-0.05, 0) is 12.1 Å². The molecule has 0 aromatic heterocycles. The summed E-state index contributed by atoms with van der Waals surface area (Å²) in [7, 11) is 0. The molecule has 2 amide bonds. The number of hydrogen-bond donors (Lipinski definition) is 2. The van der Waals surface area contributed by atoms with E-state index in [1.807, 2.05) is 0 Å². The van der Waals surface area contributed by atoms with E-state index in [1.54, 1.807) is 29.2 Å². The van der Waals surface area contributed by atoms with Crippen LogP contribution in [0.3, 0.4) is 0 Å². The molecule has 0 bridgehead atoms. The Morgan fingerprint density at radius 1 is 1.29 bits per heavy atom. The van der Waals surface area contributed by atoms with Crippen molar-refractivity contribution in [3.8, 4) is 0 Å². The van der Waals surface area contributed by atoms with Crippen LogP contribution in [-0.4, -0.2) is 36.3 Å². The molecule has 3 N–H and O–H groups in total. The predicted molar refractivity (Wildman–Crippen MR) is 64.4 cm³/mol. The Balaban J connectivity index is 2.14. The van der Waals surface area contributed by atoms with Gasteiger partial charge in [0, 0.05) is 31.7 Å². The van der Waals surface area contributed by atoms with Gasteiger partial charge < -0.3 is 16.0 Å². The van der Waals surface area contributed by atoms with Crippen molar-refractivity contribution in [1.29, 1.82) is 0 Å². The van der Waals surface area contributed by atoms with Crippen LogP contribution in [0.25, 0.3) is 0 Å². The van der Waals surface area contributed by atoms with Crippen LogP contribution < -0.4 is 11.1 Å². The third-order valence-electron chi connectivity index (χ3n) is 2.79. The van der Waals surface area contributed by atoms with Crippen molar-refractivity contribution in [3.05, 3.63) is 29.8 Å². The minimum atomic E-state index is -0.111. The van der Waals surface area contributed by atoms with E-state index in [2.05, 4.69) is 5.32 Å². The van der Waals surface area contributed by atoms with Crippen LogP contribution in [0.2, 0.25) is 0 Å². The van der Waals surface area contributed by atoms with Crippen LogP contribution in [0.5, 0.6) is 0 Å². The number of carbonyl (C=O) groups is 2. The third-order valence-corrected chi connectivity index (χ3v) is 2.79. The summed E-state index contributed by atoms with van der Waals surface area (Å²) in [4.78, 5) is 25.0. The first-order chi connectivity index (χ1) is 8.18. The predicted octanol–water partition coefficient (Wildman–Crippen LogP) is 0.231. The maximum atomic E-state index is 12.2. The third kappa shape index (κ3) is 2.55. The molecular formula is C12H15N3O2. The van der Waals surface area contributed by atoms with E-state index in [0.717, 1.165) is 0 Å². The number of anilines is 1. The molecule has 0 spiro atoms. The summed E-state index contributed by atoms with van der Waals surface area (Å²) >= 11 is 0. The Labute approximate surface area is 99.6 Å². The molecule has 0 aliphatic carbocycles. The molecule has 0 saturated carbocycles. The maximum absolute atomic E-state index is 12.2. The normalized spacial score (nSPS) is 16.2. The van der Waals surface area contributed by atoms with Crippen molar-refractivity contribution in [1.82, 2.24) is 10.2 Å². The molecule has 1 fully saturated rings. The lowest BCUT2D eigenvalue weighted by Gasteiger charge is -2.20. The van der Waals surface area contributed by atoms with Crippen molar-refractivity contribution in [2.24, 2.45) is 0 Å². The second-order valence-corrected chi connectivity index (χ2v) is 3.98. The quantitative estimate of drug-likeness (QED) is 0.682. The smallest absolute Gasteiger partial charge is 0.256 e. The fourth-order valence-corrected chi connectivity index (χ4v) is 1.83. The number of hydrogen-bond acceptors (Lipinski definition) is 3. The lowest BCUT2D eigenvalue weighted by Crippen LogP contribution is -2.34. The second-order valence-electron chi connectivity index (χ2n) is 3.98. The molecule has 5 nitrogen and oxygen atoms in total. The van der Waals surface area contributed by atoms with E-state index in [0.29, 0.717) is 37.3 Å². The summed E-state index contributed by atoms with van der Waals surface area (Å²) < 4.78 is 0. The van der Waals surface area contributed by atoms with E-state index >= 15 is 0 Å². The first-order valence-corrected chi connectivity index (χ1v) is 5.59. The Morgan fingerprint density at radius 3 is 2.82 bits per heavy atom. The van der Waals surface area contributed by atoms with Gasteiger partial charge in [-0.2, -0.15) is 0 Å². The lowest BCUT2D eigenvalue weighted by molar-refractivity contribution is -0.120. The number of nitrogens with two attached hydrogens (primary N) is 1. The van der Waals surface area contributed by atoms with Gasteiger partial charge in [-0.3, -0.25) is 9.59 Å². The van der Waals surface area contributed by atoms with E-state index < -0.39 is 0 Å². The number of nitrogens with one attached hydrogen (secondary N) is 1. The number of rotatable bonds is 1. The lowest BCUT2D eigenvalue weighted by atomic mass is 10.1. The highest BCUT2D eigenvalue weighted by Gasteiger charge is 2.20. The number of carbonyl (C=O) groups excluding carboxylic acids is 2. The molecule has 1 aromatic carbocycles. The fraction of sp³-hybridized carbons (Fsp3) is 0.333. The van der Waals surface area contributed by atoms with E-state index in [4.69, 9.17) is 5.73 Å². The molecule has 1 aromatic rings. The Morgan fingerprint density at radius 2 is 2.06 bits per heavy atom. The van der Waals surface area contributed by atoms with Crippen LogP contribution >= 0.6 is 0 Å². The van der Waals surface area contributed by atoms with Crippen LogP contribution in [-0.2, 0) is 4.79 Å². The van der Waals surface area contributed by atoms with Gasteiger partial charge in [0.05, 0.1) is 5.56 Å². The van der Waals surface area contributed by atoms with Gasteiger partial charge in [0.2, 0.25) is 5.91 Å². The molecule has 2 rings (SSSR count). The van der Waals surface area contributed by atoms with Crippen LogP contribution in [0, 0.1) is 0 Å². The first kappa shape index (κ1) is 11.4. The average Bonchev–Trinajstić information content (AvgIpc) is 2.54. The van der Waals surface area contributed by atoms with Crippen molar-refractivity contribution in [2.75, 3.05) is 25.4 Å². The van der Waals surface area contributed by atoms with E-state index in [-0.39, 0.29) is 11.8 Å². The van der Waals surface area contributed by atoms with Gasteiger partial charge in [-0.25, -0.2) is 0 Å². The molecule has 90 valence electrons. The number of nitrogen functional groups attached to an aromatic ring is 1. The molecule has 0 atom stereocenters. The van der Waals surface area contributed by atoms with Crippen molar-refractivity contribution in [2.45, 2.75) is 6.42 Å². The SMILES string of the molecule is Nc1ccccc1C(=O)N1CCNC(=O)CC1. The van der Waals surface area contributed by atoms with Crippen LogP contribution in [0.4, 0.5) is 5.69 Å². The molecule has 17 heavy (non-hydrogen) atoms. The molecular weight excluding hydrogens is 218 g/mol. The first-order valence-electron chi connectivity index (χ1n) is 5.59. The van der Waals surface area contributed by atoms with Crippen LogP contribution in [0.15, 0.2) is 24.3 Å². The highest BCUT2D eigenvalue weighted by Crippen LogP contribution is 2.14. The molecule has 0 unspecified atom stereocenters. The number of para-hydroxylation sites is 1. The number of amides is 2. The monoisotopic (exact) mass is 233 g/mol. The number of benzene rings is 1. The highest BCUT2D eigenvalue weighted by molar-refractivity contribution is 5.99. The summed E-state index contributed by atoms with van der Waals surface area (Å²) in [5.74, 6) is -0.124. The average molecular weight is 233 g/mol. The van der Waals surface area contributed by atoms with Gasteiger partial charge in [0.1, 0.15) is 0 Å². The zero-order valence-electron chi connectivity index (χ0n) is 9.48. The Kier molecular flexibility index (Phi) is 3.27. The Bertz CT molecular complexity index is 445. The van der Waals surface area contributed by atoms with E-state index in [9.17, 15) is 9.59 Å². The standard InChI is InChI=1S/C12H15N3O2/c13-10-4-2-1-3-9(10)12(17)15-7-5-11(16)14-6-8-15/h1-4H,5-8,13H2,(H,14,16). The zero-order chi connectivity index (χ0) is 12.3. The Hall–Kier alpha value is -2.04. The molecule has 1 heterocycles. The zero-order valence-corrected chi connectivity index (χ0v) is 9.48. The van der Waals surface area contributed by atoms with Gasteiger partial charge in [-0.1, -0.05) is 12.1 Å². The maximum Gasteiger partial charge on any atom is 0.256 e. The van der Waals surface area contributed by atoms with Gasteiger partial charge in [0.25, 0.3) is 5.91 Å². The highest BCUT2D eigenvalue weighted by atomic mass is 16.2. The van der Waals surface area contributed by atoms with Crippen LogP contribution in [0.1, 0.15) is 16.8 Å². The molecule has 1 saturated heterocycles. The largest absolute Gasteiger partial charge is 0.398 e. The van der Waals surface area contributed by atoms with Gasteiger partial charge in [-0.15, -0.1) is 0 Å². The fourth-order valence-electron chi connectivity index (χ4n) is 1.83. The minimum absolute atomic E-state index is 0.0127. The summed E-state index contributed by atoms with van der Waals surface area (Å²) in [5.41, 5.74) is 6.74. The summed E-state index contributed by atoms with van der Waals surface area (Å²) in [6.45, 7) is 1.47. The molecule has 5 heteroatoms. The van der Waals surface area contributed by atoms with Gasteiger partial charge in [0.15, 0.2) is 0 Å². The molecule has 1 aliphatic heterocycles. The molecule has 1 aliphatic rings. The van der Waals surface area contributed by atoms with Crippen molar-refractivity contribution < 1.29 is 9.59 Å². The summed E-state index contributed by atoms with van der Waals surface area (Å²) in [6.07, 6.45) is 0.346.